The van der Waals surface area contributed by atoms with Crippen molar-refractivity contribution < 1.29 is 18.3 Å². The number of benzene rings is 2. The molecule has 2 rings (SSSR count). The molecule has 0 unspecified atom stereocenters. The third-order valence-corrected chi connectivity index (χ3v) is 3.92. The SMILES string of the molecule is COc1ccc(CNC(=O)[C@H](c2cccc(C)c2)N(C)C)c(F)c1F. The summed E-state index contributed by atoms with van der Waals surface area (Å²) in [6.07, 6.45) is 0. The molecule has 2 aromatic carbocycles. The summed E-state index contributed by atoms with van der Waals surface area (Å²) in [5.74, 6) is -2.53. The number of aryl methyl sites for hydroxylation is 1. The van der Waals surface area contributed by atoms with Crippen LogP contribution < -0.4 is 10.1 Å². The fraction of sp³-hybridized carbons (Fsp3) is 0.316. The maximum Gasteiger partial charge on any atom is 0.242 e. The van der Waals surface area contributed by atoms with E-state index in [9.17, 15) is 13.6 Å². The molecule has 6 heteroatoms. The van der Waals surface area contributed by atoms with Crippen LogP contribution in [0.2, 0.25) is 0 Å². The summed E-state index contributed by atoms with van der Waals surface area (Å²) in [7, 11) is 4.85. The predicted octanol–water partition coefficient (Wildman–Crippen LogP) is 3.20. The number of carbonyl (C=O) groups excluding carboxylic acids is 1. The average Bonchev–Trinajstić information content (AvgIpc) is 2.56. The maximum absolute atomic E-state index is 14.0. The zero-order chi connectivity index (χ0) is 18.6. The van der Waals surface area contributed by atoms with Gasteiger partial charge in [0.15, 0.2) is 11.6 Å². The summed E-state index contributed by atoms with van der Waals surface area (Å²) in [6, 6.07) is 9.84. The van der Waals surface area contributed by atoms with Crippen molar-refractivity contribution >= 4 is 5.91 Å². The van der Waals surface area contributed by atoms with Gasteiger partial charge in [0.05, 0.1) is 7.11 Å². The smallest absolute Gasteiger partial charge is 0.242 e. The lowest BCUT2D eigenvalue weighted by atomic mass is 10.0. The summed E-state index contributed by atoms with van der Waals surface area (Å²) in [6.45, 7) is 1.84. The molecular formula is C19H22F2N2O2. The third kappa shape index (κ3) is 4.33. The molecule has 1 amide bonds. The first-order valence-electron chi connectivity index (χ1n) is 7.86. The van der Waals surface area contributed by atoms with Crippen LogP contribution in [0.15, 0.2) is 36.4 Å². The highest BCUT2D eigenvalue weighted by Gasteiger charge is 2.23. The summed E-state index contributed by atoms with van der Waals surface area (Å²) in [5.41, 5.74) is 1.94. The monoisotopic (exact) mass is 348 g/mol. The van der Waals surface area contributed by atoms with Crippen molar-refractivity contribution in [3.8, 4) is 5.75 Å². The summed E-state index contributed by atoms with van der Waals surface area (Å²) < 4.78 is 32.5. The molecule has 0 fully saturated rings. The van der Waals surface area contributed by atoms with E-state index < -0.39 is 17.7 Å². The zero-order valence-electron chi connectivity index (χ0n) is 14.8. The topological polar surface area (TPSA) is 41.6 Å². The van der Waals surface area contributed by atoms with Crippen LogP contribution in [0.5, 0.6) is 5.75 Å². The van der Waals surface area contributed by atoms with E-state index in [1.807, 2.05) is 31.2 Å². The lowest BCUT2D eigenvalue weighted by molar-refractivity contribution is -0.125. The largest absolute Gasteiger partial charge is 0.494 e. The summed E-state index contributed by atoms with van der Waals surface area (Å²) in [5, 5.41) is 2.68. The number of hydrogen-bond acceptors (Lipinski definition) is 3. The number of rotatable bonds is 6. The van der Waals surface area contributed by atoms with Crippen molar-refractivity contribution in [2.45, 2.75) is 19.5 Å². The lowest BCUT2D eigenvalue weighted by Crippen LogP contribution is -2.37. The standard InChI is InChI=1S/C19H22F2N2O2/c1-12-6-5-7-13(10-12)18(23(2)3)19(24)22-11-14-8-9-15(25-4)17(21)16(14)20/h5-10,18H,11H2,1-4H3,(H,22,24)/t18-/m0/s1. The number of likely N-dealkylation sites (N-methyl/N-ethyl adjacent to an activating group) is 1. The van der Waals surface area contributed by atoms with Crippen molar-refractivity contribution in [3.05, 3.63) is 64.7 Å². The molecule has 0 aliphatic heterocycles. The Kier molecular flexibility index (Phi) is 6.09. The van der Waals surface area contributed by atoms with Gasteiger partial charge in [0.2, 0.25) is 11.7 Å². The van der Waals surface area contributed by atoms with E-state index in [1.165, 1.54) is 19.2 Å². The first-order valence-corrected chi connectivity index (χ1v) is 7.86. The van der Waals surface area contributed by atoms with Crippen LogP contribution in [-0.4, -0.2) is 32.0 Å². The summed E-state index contributed by atoms with van der Waals surface area (Å²) >= 11 is 0. The summed E-state index contributed by atoms with van der Waals surface area (Å²) in [4.78, 5) is 14.4. The van der Waals surface area contributed by atoms with Gasteiger partial charge >= 0.3 is 0 Å². The van der Waals surface area contributed by atoms with E-state index in [0.29, 0.717) is 0 Å². The highest BCUT2D eigenvalue weighted by molar-refractivity contribution is 5.83. The fourth-order valence-electron chi connectivity index (χ4n) is 2.67. The molecule has 1 atom stereocenters. The van der Waals surface area contributed by atoms with Crippen molar-refractivity contribution in [2.24, 2.45) is 0 Å². The van der Waals surface area contributed by atoms with Gasteiger partial charge in [0, 0.05) is 12.1 Å². The van der Waals surface area contributed by atoms with Gasteiger partial charge in [-0.05, 0) is 32.6 Å². The molecular weight excluding hydrogens is 326 g/mol. The van der Waals surface area contributed by atoms with Crippen LogP contribution in [0.3, 0.4) is 0 Å². The minimum Gasteiger partial charge on any atom is -0.494 e. The van der Waals surface area contributed by atoms with Crippen molar-refractivity contribution in [1.82, 2.24) is 10.2 Å². The van der Waals surface area contributed by atoms with Gasteiger partial charge in [-0.1, -0.05) is 35.9 Å². The molecule has 0 spiro atoms. The molecule has 0 aliphatic rings. The lowest BCUT2D eigenvalue weighted by Gasteiger charge is -2.24. The molecule has 25 heavy (non-hydrogen) atoms. The van der Waals surface area contributed by atoms with Gasteiger partial charge in [0.25, 0.3) is 0 Å². The van der Waals surface area contributed by atoms with Crippen LogP contribution in [0.4, 0.5) is 8.78 Å². The van der Waals surface area contributed by atoms with Crippen LogP contribution in [0.1, 0.15) is 22.7 Å². The fourth-order valence-corrected chi connectivity index (χ4v) is 2.67. The van der Waals surface area contributed by atoms with Crippen LogP contribution in [0.25, 0.3) is 0 Å². The number of amides is 1. The van der Waals surface area contributed by atoms with Gasteiger partial charge in [-0.25, -0.2) is 4.39 Å². The number of carbonyl (C=O) groups is 1. The minimum atomic E-state index is -1.06. The highest BCUT2D eigenvalue weighted by Crippen LogP contribution is 2.23. The van der Waals surface area contributed by atoms with E-state index in [1.54, 1.807) is 19.0 Å². The van der Waals surface area contributed by atoms with Gasteiger partial charge in [-0.3, -0.25) is 9.69 Å². The van der Waals surface area contributed by atoms with Crippen molar-refractivity contribution in [2.75, 3.05) is 21.2 Å². The molecule has 0 saturated heterocycles. The maximum atomic E-state index is 14.0. The van der Waals surface area contributed by atoms with Crippen molar-refractivity contribution in [3.63, 3.8) is 0 Å². The Bertz CT molecular complexity index is 763. The second-order valence-corrected chi connectivity index (χ2v) is 6.05. The second kappa shape index (κ2) is 8.07. The molecule has 1 N–H and O–H groups in total. The van der Waals surface area contributed by atoms with E-state index in [0.717, 1.165) is 11.1 Å². The van der Waals surface area contributed by atoms with Gasteiger partial charge in [-0.2, -0.15) is 4.39 Å². The van der Waals surface area contributed by atoms with Crippen molar-refractivity contribution in [1.29, 1.82) is 0 Å². The first kappa shape index (κ1) is 18.9. The second-order valence-electron chi connectivity index (χ2n) is 6.05. The quantitative estimate of drug-likeness (QED) is 0.872. The molecule has 4 nitrogen and oxygen atoms in total. The third-order valence-electron chi connectivity index (χ3n) is 3.92. The molecule has 0 bridgehead atoms. The Morgan fingerprint density at radius 2 is 1.92 bits per heavy atom. The van der Waals surface area contributed by atoms with E-state index in [4.69, 9.17) is 4.74 Å². The van der Waals surface area contributed by atoms with E-state index in [2.05, 4.69) is 5.32 Å². The number of hydrogen-bond donors (Lipinski definition) is 1. The Balaban J connectivity index is 2.16. The Morgan fingerprint density at radius 1 is 1.20 bits per heavy atom. The molecule has 0 aliphatic carbocycles. The Morgan fingerprint density at radius 3 is 2.52 bits per heavy atom. The Labute approximate surface area is 146 Å². The Hall–Kier alpha value is -2.47. The van der Waals surface area contributed by atoms with Gasteiger partial charge in [-0.15, -0.1) is 0 Å². The van der Waals surface area contributed by atoms with Crippen LogP contribution in [-0.2, 0) is 11.3 Å². The molecule has 0 saturated carbocycles. The zero-order valence-corrected chi connectivity index (χ0v) is 14.8. The van der Waals surface area contributed by atoms with E-state index in [-0.39, 0.29) is 23.8 Å². The molecule has 0 radical (unpaired) electrons. The predicted molar refractivity (Wildman–Crippen MR) is 92.4 cm³/mol. The normalized spacial score (nSPS) is 12.1. The number of methoxy groups -OCH3 is 1. The molecule has 0 aromatic heterocycles. The van der Waals surface area contributed by atoms with E-state index >= 15 is 0 Å². The number of nitrogens with zero attached hydrogens (tertiary/aromatic N) is 1. The highest BCUT2D eigenvalue weighted by atomic mass is 19.2. The molecule has 134 valence electrons. The van der Waals surface area contributed by atoms with Gasteiger partial charge < -0.3 is 10.1 Å². The first-order chi connectivity index (χ1) is 11.8. The number of halogens is 2. The molecule has 0 heterocycles. The number of ether oxygens (including phenoxy) is 1. The number of nitrogens with one attached hydrogen (secondary N) is 1. The van der Waals surface area contributed by atoms with Crippen LogP contribution in [0, 0.1) is 18.6 Å². The molecule has 2 aromatic rings. The van der Waals surface area contributed by atoms with Crippen LogP contribution >= 0.6 is 0 Å². The van der Waals surface area contributed by atoms with Gasteiger partial charge in [0.1, 0.15) is 6.04 Å². The minimum absolute atomic E-state index is 0.0633. The average molecular weight is 348 g/mol.